The van der Waals surface area contributed by atoms with Crippen LogP contribution in [0.25, 0.3) is 0 Å². The number of thioether (sulfide) groups is 1. The maximum atomic E-state index is 13.3. The first kappa shape index (κ1) is 27.1. The van der Waals surface area contributed by atoms with Crippen molar-refractivity contribution in [3.05, 3.63) is 67.6 Å². The Morgan fingerprint density at radius 2 is 1.72 bits per heavy atom. The molecule has 2 rings (SSSR count). The lowest BCUT2D eigenvalue weighted by molar-refractivity contribution is -0.139. The molecule has 9 heteroatoms. The highest BCUT2D eigenvalue weighted by Crippen LogP contribution is 2.29. The summed E-state index contributed by atoms with van der Waals surface area (Å²) in [4.78, 5) is 27.6. The van der Waals surface area contributed by atoms with E-state index in [-0.39, 0.29) is 24.1 Å². The van der Waals surface area contributed by atoms with Crippen molar-refractivity contribution >= 4 is 70.0 Å². The molecular formula is C23H26Cl4N2O2S. The molecule has 1 N–H and O–H groups in total. The Kier molecular flexibility index (Phi) is 11.5. The summed E-state index contributed by atoms with van der Waals surface area (Å²) in [6.07, 6.45) is 1.29. The van der Waals surface area contributed by atoms with Crippen LogP contribution in [0.5, 0.6) is 0 Å². The minimum atomic E-state index is -0.606. The average molecular weight is 536 g/mol. The van der Waals surface area contributed by atoms with Gasteiger partial charge in [-0.25, -0.2) is 0 Å². The molecule has 0 fully saturated rings. The number of hydrogen-bond donors (Lipinski definition) is 1. The van der Waals surface area contributed by atoms with Gasteiger partial charge in [-0.05, 0) is 48.2 Å². The van der Waals surface area contributed by atoms with Gasteiger partial charge in [0.05, 0.1) is 5.75 Å². The van der Waals surface area contributed by atoms with Crippen molar-refractivity contribution in [2.75, 3.05) is 12.3 Å². The van der Waals surface area contributed by atoms with Crippen LogP contribution in [0.15, 0.2) is 36.4 Å². The van der Waals surface area contributed by atoms with Crippen LogP contribution in [0.3, 0.4) is 0 Å². The van der Waals surface area contributed by atoms with E-state index in [1.165, 1.54) is 11.8 Å². The van der Waals surface area contributed by atoms with Gasteiger partial charge in [0.1, 0.15) is 6.04 Å². The molecule has 0 saturated heterocycles. The fourth-order valence-corrected chi connectivity index (χ4v) is 5.23. The van der Waals surface area contributed by atoms with Crippen LogP contribution in [0.2, 0.25) is 20.1 Å². The molecule has 0 aromatic heterocycles. The molecule has 0 heterocycles. The van der Waals surface area contributed by atoms with Gasteiger partial charge in [-0.3, -0.25) is 9.59 Å². The normalized spacial score (nSPS) is 11.8. The molecule has 2 aromatic rings. The Bertz CT molecular complexity index is 922. The van der Waals surface area contributed by atoms with Crippen molar-refractivity contribution in [1.29, 1.82) is 0 Å². The van der Waals surface area contributed by atoms with E-state index < -0.39 is 6.04 Å². The molecule has 32 heavy (non-hydrogen) atoms. The van der Waals surface area contributed by atoms with Gasteiger partial charge in [-0.1, -0.05) is 72.4 Å². The van der Waals surface area contributed by atoms with Gasteiger partial charge in [-0.2, -0.15) is 0 Å². The molecule has 1 atom stereocenters. The highest BCUT2D eigenvalue weighted by molar-refractivity contribution is 7.99. The van der Waals surface area contributed by atoms with Crippen molar-refractivity contribution in [3.8, 4) is 0 Å². The molecule has 0 aliphatic carbocycles. The molecule has 2 aromatic carbocycles. The van der Waals surface area contributed by atoms with E-state index in [0.29, 0.717) is 38.8 Å². The number of carbonyl (C=O) groups excluding carboxylic acids is 2. The van der Waals surface area contributed by atoms with Crippen molar-refractivity contribution in [2.24, 2.45) is 0 Å². The molecule has 0 spiro atoms. The van der Waals surface area contributed by atoms with E-state index in [1.807, 2.05) is 13.8 Å². The first-order valence-electron chi connectivity index (χ1n) is 10.3. The monoisotopic (exact) mass is 534 g/mol. The summed E-state index contributed by atoms with van der Waals surface area (Å²) in [5.41, 5.74) is 1.51. The van der Waals surface area contributed by atoms with Crippen LogP contribution in [0.1, 0.15) is 37.8 Å². The largest absolute Gasteiger partial charge is 0.354 e. The third-order valence-corrected chi connectivity index (χ3v) is 7.06. The lowest BCUT2D eigenvalue weighted by Crippen LogP contribution is -2.49. The number of nitrogens with zero attached hydrogens (tertiary/aromatic N) is 1. The number of benzene rings is 2. The van der Waals surface area contributed by atoms with E-state index in [1.54, 1.807) is 41.3 Å². The lowest BCUT2D eigenvalue weighted by Gasteiger charge is -2.31. The number of nitrogens with one attached hydrogen (secondary N) is 1. The van der Waals surface area contributed by atoms with Crippen LogP contribution >= 0.6 is 58.2 Å². The zero-order valence-corrected chi connectivity index (χ0v) is 21.8. The minimum Gasteiger partial charge on any atom is -0.354 e. The Hall–Kier alpha value is -1.11. The molecular weight excluding hydrogens is 510 g/mol. The highest BCUT2D eigenvalue weighted by atomic mass is 35.5. The van der Waals surface area contributed by atoms with Crippen molar-refractivity contribution in [1.82, 2.24) is 10.2 Å². The van der Waals surface area contributed by atoms with E-state index in [9.17, 15) is 9.59 Å². The molecule has 4 nitrogen and oxygen atoms in total. The lowest BCUT2D eigenvalue weighted by atomic mass is 10.1. The second-order valence-electron chi connectivity index (χ2n) is 7.17. The number of halogens is 4. The fraction of sp³-hybridized carbons (Fsp3) is 0.391. The summed E-state index contributed by atoms with van der Waals surface area (Å²) >= 11 is 26.2. The zero-order valence-electron chi connectivity index (χ0n) is 18.0. The molecule has 0 radical (unpaired) electrons. The maximum Gasteiger partial charge on any atom is 0.242 e. The quantitative estimate of drug-likeness (QED) is 0.341. The second kappa shape index (κ2) is 13.6. The third-order valence-electron chi connectivity index (χ3n) is 4.82. The van der Waals surface area contributed by atoms with Crippen LogP contribution < -0.4 is 5.32 Å². The van der Waals surface area contributed by atoms with Gasteiger partial charge < -0.3 is 10.2 Å². The van der Waals surface area contributed by atoms with Crippen molar-refractivity contribution in [3.63, 3.8) is 0 Å². The van der Waals surface area contributed by atoms with Gasteiger partial charge in [-0.15, -0.1) is 11.8 Å². The third kappa shape index (κ3) is 7.74. The predicted octanol–water partition coefficient (Wildman–Crippen LogP) is 6.87. The summed E-state index contributed by atoms with van der Waals surface area (Å²) < 4.78 is 0. The number of carbonyl (C=O) groups is 2. The summed E-state index contributed by atoms with van der Waals surface area (Å²) in [6, 6.07) is 9.84. The standard InChI is InChI=1S/C23H26Cl4N2O2S/c1-3-10-28-23(31)21(4-2)29(12-15-8-9-16(24)11-20(15)27)22(30)14-32-13-17-18(25)6-5-7-19(17)26/h5-9,11,21H,3-4,10,12-14H2,1-2H3,(H,28,31)/t21-/m1/s1. The molecule has 2 amide bonds. The number of amides is 2. The van der Waals surface area contributed by atoms with E-state index in [0.717, 1.165) is 17.5 Å². The van der Waals surface area contributed by atoms with Gasteiger partial charge in [0, 0.05) is 38.9 Å². The van der Waals surface area contributed by atoms with Gasteiger partial charge in [0.25, 0.3) is 0 Å². The van der Waals surface area contributed by atoms with E-state index >= 15 is 0 Å². The Morgan fingerprint density at radius 1 is 1.03 bits per heavy atom. The van der Waals surface area contributed by atoms with E-state index in [4.69, 9.17) is 46.4 Å². The molecule has 0 saturated carbocycles. The maximum absolute atomic E-state index is 13.3. The van der Waals surface area contributed by atoms with Gasteiger partial charge in [0.15, 0.2) is 0 Å². The van der Waals surface area contributed by atoms with Crippen LogP contribution in [-0.2, 0) is 21.9 Å². The molecule has 0 bridgehead atoms. The topological polar surface area (TPSA) is 49.4 Å². The first-order chi connectivity index (χ1) is 15.3. The smallest absolute Gasteiger partial charge is 0.242 e. The van der Waals surface area contributed by atoms with Crippen LogP contribution in [0.4, 0.5) is 0 Å². The highest BCUT2D eigenvalue weighted by Gasteiger charge is 2.29. The Balaban J connectivity index is 2.19. The number of rotatable bonds is 11. The van der Waals surface area contributed by atoms with Crippen molar-refractivity contribution in [2.45, 2.75) is 45.0 Å². The van der Waals surface area contributed by atoms with Gasteiger partial charge in [0.2, 0.25) is 11.8 Å². The average Bonchev–Trinajstić information content (AvgIpc) is 2.75. The zero-order chi connectivity index (χ0) is 23.7. The van der Waals surface area contributed by atoms with Crippen LogP contribution in [-0.4, -0.2) is 35.1 Å². The Morgan fingerprint density at radius 3 is 2.31 bits per heavy atom. The van der Waals surface area contributed by atoms with E-state index in [2.05, 4.69) is 5.32 Å². The fourth-order valence-electron chi connectivity index (χ4n) is 3.11. The second-order valence-corrected chi connectivity index (χ2v) is 9.81. The predicted molar refractivity (Wildman–Crippen MR) is 137 cm³/mol. The minimum absolute atomic E-state index is 0.164. The Labute approximate surface area is 213 Å². The van der Waals surface area contributed by atoms with Crippen molar-refractivity contribution < 1.29 is 9.59 Å². The summed E-state index contributed by atoms with van der Waals surface area (Å²) in [6.45, 7) is 4.63. The summed E-state index contributed by atoms with van der Waals surface area (Å²) in [7, 11) is 0. The summed E-state index contributed by atoms with van der Waals surface area (Å²) in [5.74, 6) is 0.317. The SMILES string of the molecule is CCCNC(=O)[C@@H](CC)N(Cc1ccc(Cl)cc1Cl)C(=O)CSCc1c(Cl)cccc1Cl. The van der Waals surface area contributed by atoms with Gasteiger partial charge >= 0.3 is 0 Å². The summed E-state index contributed by atoms with van der Waals surface area (Å²) in [5, 5.41) is 4.99. The first-order valence-corrected chi connectivity index (χ1v) is 13.0. The molecule has 0 aliphatic rings. The van der Waals surface area contributed by atoms with Crippen LogP contribution in [0, 0.1) is 0 Å². The molecule has 0 unspecified atom stereocenters. The number of hydrogen-bond acceptors (Lipinski definition) is 3. The molecule has 0 aliphatic heterocycles. The molecule has 174 valence electrons.